The van der Waals surface area contributed by atoms with Gasteiger partial charge in [0, 0.05) is 26.4 Å². The molecule has 120 valence electrons. The van der Waals surface area contributed by atoms with Crippen LogP contribution in [0.25, 0.3) is 17.7 Å². The molecule has 3 rings (SSSR count). The summed E-state index contributed by atoms with van der Waals surface area (Å²) in [6.45, 7) is 0. The molecule has 11 nitrogen and oxygen atoms in total. The average Bonchev–Trinajstić information content (AvgIpc) is 3.13. The first kappa shape index (κ1) is 14.6. The van der Waals surface area contributed by atoms with Gasteiger partial charge in [-0.25, -0.2) is 10.1 Å². The summed E-state index contributed by atoms with van der Waals surface area (Å²) in [6, 6.07) is 2.72. The summed E-state index contributed by atoms with van der Waals surface area (Å²) in [5.74, 6) is 0.614. The van der Waals surface area contributed by atoms with Crippen LogP contribution in [0.5, 0.6) is 0 Å². The van der Waals surface area contributed by atoms with E-state index in [2.05, 4.69) is 21.0 Å². The first-order valence-electron chi connectivity index (χ1n) is 6.56. The van der Waals surface area contributed by atoms with E-state index in [4.69, 9.17) is 10.2 Å². The van der Waals surface area contributed by atoms with Crippen LogP contribution >= 0.6 is 0 Å². The van der Waals surface area contributed by atoms with Crippen LogP contribution in [0.1, 0.15) is 5.82 Å². The van der Waals surface area contributed by atoms with Crippen molar-refractivity contribution in [3.8, 4) is 11.6 Å². The van der Waals surface area contributed by atoms with Crippen LogP contribution in [0.15, 0.2) is 34.1 Å². The maximum Gasteiger partial charge on any atom is 0.433 e. The van der Waals surface area contributed by atoms with Gasteiger partial charge >= 0.3 is 5.88 Å². The third kappa shape index (κ3) is 2.60. The molecular formula is C12H14N8O3. The minimum atomic E-state index is -0.616. The number of nitro groups is 1. The third-order valence-corrected chi connectivity index (χ3v) is 3.18. The number of hydrogen-bond acceptors (Lipinski definition) is 9. The molecule has 0 fully saturated rings. The molecule has 1 aliphatic rings. The molecule has 2 aromatic heterocycles. The molecule has 23 heavy (non-hydrogen) atoms. The topological polar surface area (TPSA) is 140 Å². The predicted molar refractivity (Wildman–Crippen MR) is 80.8 cm³/mol. The molecule has 2 aromatic rings. The monoisotopic (exact) mass is 318 g/mol. The van der Waals surface area contributed by atoms with Gasteiger partial charge in [0.2, 0.25) is 5.82 Å². The van der Waals surface area contributed by atoms with Gasteiger partial charge in [0.15, 0.2) is 11.6 Å². The van der Waals surface area contributed by atoms with E-state index < -0.39 is 4.92 Å². The van der Waals surface area contributed by atoms with E-state index in [1.165, 1.54) is 16.8 Å². The number of hydrazine groups is 1. The summed E-state index contributed by atoms with van der Waals surface area (Å²) in [5, 5.41) is 20.4. The van der Waals surface area contributed by atoms with Gasteiger partial charge < -0.3 is 15.2 Å². The van der Waals surface area contributed by atoms with E-state index in [0.29, 0.717) is 23.0 Å². The van der Waals surface area contributed by atoms with E-state index in [9.17, 15) is 10.1 Å². The molecule has 0 saturated heterocycles. The molecule has 3 heterocycles. The Morgan fingerprint density at radius 3 is 2.96 bits per heavy atom. The number of rotatable bonds is 4. The Bertz CT molecular complexity index is 818. The normalized spacial score (nSPS) is 15.0. The lowest BCUT2D eigenvalue weighted by atomic mass is 10.3. The number of furan rings is 1. The minimum Gasteiger partial charge on any atom is -0.397 e. The second kappa shape index (κ2) is 5.46. The van der Waals surface area contributed by atoms with Crippen molar-refractivity contribution < 1.29 is 9.34 Å². The fraction of sp³-hybridized carbons (Fsp3) is 0.167. The van der Waals surface area contributed by atoms with Crippen molar-refractivity contribution in [2.24, 2.45) is 5.73 Å². The van der Waals surface area contributed by atoms with Gasteiger partial charge in [0.05, 0.1) is 17.5 Å². The number of nitrogens with zero attached hydrogens (tertiary/aromatic N) is 5. The number of nitrogens with two attached hydrogens (primary N) is 1. The number of fused-ring (bicyclic) bond motifs is 1. The van der Waals surface area contributed by atoms with Gasteiger partial charge in [0.1, 0.15) is 4.92 Å². The highest BCUT2D eigenvalue weighted by Crippen LogP contribution is 2.27. The zero-order valence-electron chi connectivity index (χ0n) is 12.3. The Morgan fingerprint density at radius 1 is 1.52 bits per heavy atom. The van der Waals surface area contributed by atoms with E-state index >= 15 is 0 Å². The maximum absolute atomic E-state index is 10.7. The Labute approximate surface area is 130 Å². The van der Waals surface area contributed by atoms with Crippen molar-refractivity contribution in [3.05, 3.63) is 45.7 Å². The van der Waals surface area contributed by atoms with E-state index in [1.54, 1.807) is 31.4 Å². The second-order valence-electron chi connectivity index (χ2n) is 4.70. The third-order valence-electron chi connectivity index (χ3n) is 3.18. The zero-order chi connectivity index (χ0) is 16.6. The number of aromatic nitrogens is 3. The largest absolute Gasteiger partial charge is 0.433 e. The maximum atomic E-state index is 10.7. The van der Waals surface area contributed by atoms with Crippen molar-refractivity contribution >= 4 is 12.0 Å². The lowest BCUT2D eigenvalue weighted by Gasteiger charge is -2.21. The van der Waals surface area contributed by atoms with Crippen LogP contribution in [0.4, 0.5) is 5.88 Å². The van der Waals surface area contributed by atoms with E-state index in [1.807, 2.05) is 0 Å². The average molecular weight is 318 g/mol. The summed E-state index contributed by atoms with van der Waals surface area (Å²) in [4.78, 5) is 10.1. The first-order valence-corrected chi connectivity index (χ1v) is 6.56. The van der Waals surface area contributed by atoms with Gasteiger partial charge in [-0.15, -0.1) is 10.2 Å². The molecule has 0 amide bonds. The molecule has 0 aromatic carbocycles. The summed E-state index contributed by atoms with van der Waals surface area (Å²) in [5.41, 5.74) is 13.0. The molecular weight excluding hydrogens is 304 g/mol. The highest BCUT2D eigenvalue weighted by molar-refractivity contribution is 5.61. The molecule has 0 aliphatic carbocycles. The van der Waals surface area contributed by atoms with Crippen molar-refractivity contribution in [1.82, 2.24) is 25.3 Å². The zero-order valence-corrected chi connectivity index (χ0v) is 12.3. The standard InChI is InChI=1S/C12H14N8O3/c1-14-18(2)6-8-7(13)5-10-15-16-12(19(10)17-8)9-3-4-11(23-9)20(21)22/h3-6,14,17H,13H2,1-2H3. The number of hydrogen-bond donors (Lipinski definition) is 3. The molecule has 4 N–H and O–H groups in total. The highest BCUT2D eigenvalue weighted by Gasteiger charge is 2.23. The van der Waals surface area contributed by atoms with Crippen LogP contribution in [0.2, 0.25) is 0 Å². The first-order chi connectivity index (χ1) is 11.0. The summed E-state index contributed by atoms with van der Waals surface area (Å²) in [7, 11) is 3.57. The van der Waals surface area contributed by atoms with Crippen molar-refractivity contribution in [1.29, 1.82) is 0 Å². The van der Waals surface area contributed by atoms with Gasteiger partial charge in [-0.05, 0) is 6.07 Å². The van der Waals surface area contributed by atoms with E-state index in [-0.39, 0.29) is 11.6 Å². The van der Waals surface area contributed by atoms with Crippen molar-refractivity contribution in [2.75, 3.05) is 19.5 Å². The summed E-state index contributed by atoms with van der Waals surface area (Å²) >= 11 is 0. The predicted octanol–water partition coefficient (Wildman–Crippen LogP) is 0.211. The molecule has 0 bridgehead atoms. The van der Waals surface area contributed by atoms with Gasteiger partial charge in [-0.1, -0.05) is 0 Å². The number of nitrogens with one attached hydrogen (secondary N) is 2. The van der Waals surface area contributed by atoms with Gasteiger partial charge in [0.25, 0.3) is 0 Å². The summed E-state index contributed by atoms with van der Waals surface area (Å²) in [6.07, 6.45) is 3.38. The quantitative estimate of drug-likeness (QED) is 0.533. The molecule has 0 radical (unpaired) electrons. The van der Waals surface area contributed by atoms with Crippen LogP contribution < -0.4 is 16.6 Å². The minimum absolute atomic E-state index is 0.221. The van der Waals surface area contributed by atoms with Crippen LogP contribution in [0, 0.1) is 10.1 Å². The van der Waals surface area contributed by atoms with Crippen LogP contribution in [0.3, 0.4) is 0 Å². The fourth-order valence-corrected chi connectivity index (χ4v) is 1.97. The van der Waals surface area contributed by atoms with Crippen LogP contribution in [-0.4, -0.2) is 38.9 Å². The van der Waals surface area contributed by atoms with Crippen LogP contribution in [-0.2, 0) is 0 Å². The molecule has 0 spiro atoms. The lowest BCUT2D eigenvalue weighted by Crippen LogP contribution is -2.30. The fourth-order valence-electron chi connectivity index (χ4n) is 1.97. The Hall–Kier alpha value is -3.34. The van der Waals surface area contributed by atoms with Crippen molar-refractivity contribution in [2.45, 2.75) is 0 Å². The molecule has 11 heteroatoms. The SMILES string of the molecule is CNN(C)C=C1Nn2c(nnc2-c2ccc([N+](=O)[O-])o2)C=C1N. The Balaban J connectivity index is 2.00. The second-order valence-corrected chi connectivity index (χ2v) is 4.70. The Morgan fingerprint density at radius 2 is 2.30 bits per heavy atom. The van der Waals surface area contributed by atoms with E-state index in [0.717, 1.165) is 0 Å². The summed E-state index contributed by atoms with van der Waals surface area (Å²) < 4.78 is 6.70. The highest BCUT2D eigenvalue weighted by atomic mass is 16.6. The molecule has 0 unspecified atom stereocenters. The molecule has 0 saturated carbocycles. The molecule has 1 aliphatic heterocycles. The molecule has 0 atom stereocenters. The van der Waals surface area contributed by atoms with Crippen molar-refractivity contribution in [3.63, 3.8) is 0 Å². The van der Waals surface area contributed by atoms with Gasteiger partial charge in [-0.3, -0.25) is 15.5 Å². The van der Waals surface area contributed by atoms with Gasteiger partial charge in [-0.2, -0.15) is 0 Å². The smallest absolute Gasteiger partial charge is 0.397 e. The Kier molecular flexibility index (Phi) is 3.46. The lowest BCUT2D eigenvalue weighted by molar-refractivity contribution is -0.401.